The number of carboxylic acids is 1. The van der Waals surface area contributed by atoms with E-state index < -0.39 is 29.6 Å². The molecule has 13 heteroatoms. The summed E-state index contributed by atoms with van der Waals surface area (Å²) < 4.78 is 10.2. The second-order valence-corrected chi connectivity index (χ2v) is 8.32. The first-order valence-electron chi connectivity index (χ1n) is 10.5. The summed E-state index contributed by atoms with van der Waals surface area (Å²) in [5, 5.41) is 18.0. The number of aromatic nitrogens is 1. The maximum atomic E-state index is 12.4. The SMILES string of the molecule is C=C(NC(=O)C(=C)NC(=O)c1csc(N2CCC(COC(=O)NCCCOC)CC2)n1)C(=O)O. The van der Waals surface area contributed by atoms with Crippen LogP contribution in [0.2, 0.25) is 0 Å². The Morgan fingerprint density at radius 3 is 2.56 bits per heavy atom. The minimum absolute atomic E-state index is 0.113. The van der Waals surface area contributed by atoms with Crippen LogP contribution in [0.4, 0.5) is 9.93 Å². The van der Waals surface area contributed by atoms with Crippen molar-refractivity contribution in [2.24, 2.45) is 5.92 Å². The minimum Gasteiger partial charge on any atom is -0.477 e. The van der Waals surface area contributed by atoms with E-state index in [9.17, 15) is 19.2 Å². The number of aliphatic carboxylic acids is 1. The summed E-state index contributed by atoms with van der Waals surface area (Å²) in [6, 6.07) is 0. The number of methoxy groups -OCH3 is 1. The number of alkyl carbamates (subject to hydrolysis) is 1. The summed E-state index contributed by atoms with van der Waals surface area (Å²) in [6.45, 7) is 9.43. The van der Waals surface area contributed by atoms with Gasteiger partial charge in [0.1, 0.15) is 11.4 Å². The molecule has 0 saturated carbocycles. The number of ether oxygens (including phenoxy) is 2. The number of rotatable bonds is 12. The summed E-state index contributed by atoms with van der Waals surface area (Å²) in [5.74, 6) is -2.67. The predicted molar refractivity (Wildman–Crippen MR) is 124 cm³/mol. The molecule has 0 aromatic carbocycles. The summed E-state index contributed by atoms with van der Waals surface area (Å²) in [6.07, 6.45) is 1.90. The Bertz CT molecular complexity index is 924. The number of carbonyl (C=O) groups excluding carboxylic acids is 3. The van der Waals surface area contributed by atoms with E-state index in [0.29, 0.717) is 38.0 Å². The van der Waals surface area contributed by atoms with Gasteiger partial charge in [-0.25, -0.2) is 14.6 Å². The maximum Gasteiger partial charge on any atom is 0.407 e. The molecule has 1 aromatic rings. The van der Waals surface area contributed by atoms with Crippen molar-refractivity contribution in [3.63, 3.8) is 0 Å². The zero-order valence-electron chi connectivity index (χ0n) is 18.9. The molecule has 2 rings (SSSR count). The average Bonchev–Trinajstić information content (AvgIpc) is 3.31. The van der Waals surface area contributed by atoms with E-state index in [1.165, 1.54) is 11.3 Å². The van der Waals surface area contributed by atoms with E-state index in [4.69, 9.17) is 14.6 Å². The van der Waals surface area contributed by atoms with Crippen molar-refractivity contribution in [1.29, 1.82) is 0 Å². The van der Waals surface area contributed by atoms with Crippen LogP contribution in [-0.2, 0) is 19.1 Å². The third kappa shape index (κ3) is 8.48. The van der Waals surface area contributed by atoms with Crippen molar-refractivity contribution < 1.29 is 33.8 Å². The summed E-state index contributed by atoms with van der Waals surface area (Å²) in [7, 11) is 1.61. The molecular weight excluding hydrogens is 466 g/mol. The summed E-state index contributed by atoms with van der Waals surface area (Å²) >= 11 is 1.29. The molecule has 0 aliphatic carbocycles. The monoisotopic (exact) mass is 495 g/mol. The second-order valence-electron chi connectivity index (χ2n) is 7.49. The quantitative estimate of drug-likeness (QED) is 0.246. The van der Waals surface area contributed by atoms with Crippen LogP contribution in [0.1, 0.15) is 29.8 Å². The number of amides is 3. The molecule has 4 N–H and O–H groups in total. The Kier molecular flexibility index (Phi) is 10.5. The normalized spacial score (nSPS) is 13.6. The van der Waals surface area contributed by atoms with Crippen LogP contribution in [-0.4, -0.2) is 73.9 Å². The van der Waals surface area contributed by atoms with Crippen molar-refractivity contribution in [2.45, 2.75) is 19.3 Å². The number of hydrogen-bond donors (Lipinski definition) is 4. The highest BCUT2D eigenvalue weighted by Crippen LogP contribution is 2.26. The molecule has 3 amide bonds. The fourth-order valence-corrected chi connectivity index (χ4v) is 3.84. The Morgan fingerprint density at radius 1 is 1.21 bits per heavy atom. The number of nitrogens with one attached hydrogen (secondary N) is 3. The molecule has 1 fully saturated rings. The van der Waals surface area contributed by atoms with E-state index in [1.54, 1.807) is 12.5 Å². The van der Waals surface area contributed by atoms with Crippen molar-refractivity contribution in [2.75, 3.05) is 44.9 Å². The number of anilines is 1. The van der Waals surface area contributed by atoms with Crippen molar-refractivity contribution in [1.82, 2.24) is 20.9 Å². The molecular formula is C21H29N5O7S. The van der Waals surface area contributed by atoms with Gasteiger partial charge in [0, 0.05) is 38.7 Å². The number of piperidine rings is 1. The third-order valence-corrected chi connectivity index (χ3v) is 5.82. The average molecular weight is 496 g/mol. The van der Waals surface area contributed by atoms with Crippen LogP contribution in [0.25, 0.3) is 0 Å². The second kappa shape index (κ2) is 13.3. The molecule has 0 unspecified atom stereocenters. The lowest BCUT2D eigenvalue weighted by Crippen LogP contribution is -2.36. The van der Waals surface area contributed by atoms with Crippen molar-refractivity contribution >= 4 is 40.3 Å². The molecule has 34 heavy (non-hydrogen) atoms. The molecule has 0 radical (unpaired) electrons. The summed E-state index contributed by atoms with van der Waals surface area (Å²) in [5.41, 5.74) is -0.750. The first-order valence-corrected chi connectivity index (χ1v) is 11.4. The molecule has 1 aliphatic rings. The largest absolute Gasteiger partial charge is 0.477 e. The first kappa shape index (κ1) is 26.8. The lowest BCUT2D eigenvalue weighted by molar-refractivity contribution is -0.134. The van der Waals surface area contributed by atoms with Gasteiger partial charge in [0.2, 0.25) is 0 Å². The number of nitrogens with zero attached hydrogens (tertiary/aromatic N) is 2. The molecule has 186 valence electrons. The standard InChI is InChI=1S/C21H29N5O7S/c1-13(17(27)24-14(2)19(29)30)23-18(28)16-12-34-20(25-16)26-8-5-15(6-9-26)11-33-21(31)22-7-4-10-32-3/h12,15H,1-2,4-11H2,3H3,(H,22,31)(H,23,28)(H,24,27)(H,29,30). The minimum atomic E-state index is -1.40. The number of thiazole rings is 1. The fourth-order valence-electron chi connectivity index (χ4n) is 2.98. The number of carboxylic acid groups (broad SMARTS) is 1. The van der Waals surface area contributed by atoms with E-state index in [2.05, 4.69) is 28.8 Å². The summed E-state index contributed by atoms with van der Waals surface area (Å²) in [4.78, 5) is 53.0. The molecule has 0 spiro atoms. The molecule has 12 nitrogen and oxygen atoms in total. The topological polar surface area (TPSA) is 159 Å². The van der Waals surface area contributed by atoms with Crippen molar-refractivity contribution in [3.8, 4) is 0 Å². The van der Waals surface area contributed by atoms with E-state index in [-0.39, 0.29) is 17.3 Å². The number of carbonyl (C=O) groups is 4. The predicted octanol–water partition coefficient (Wildman–Crippen LogP) is 1.08. The van der Waals surface area contributed by atoms with Gasteiger partial charge >= 0.3 is 12.1 Å². The van der Waals surface area contributed by atoms with Crippen LogP contribution in [0.5, 0.6) is 0 Å². The fraction of sp³-hybridized carbons (Fsp3) is 0.476. The Hall–Kier alpha value is -3.45. The number of hydrogen-bond acceptors (Lipinski definition) is 9. The van der Waals surface area contributed by atoms with Gasteiger partial charge in [-0.2, -0.15) is 0 Å². The molecule has 0 atom stereocenters. The smallest absolute Gasteiger partial charge is 0.407 e. The van der Waals surface area contributed by atoms with Crippen LogP contribution < -0.4 is 20.9 Å². The maximum absolute atomic E-state index is 12.4. The molecule has 1 aliphatic heterocycles. The van der Waals surface area contributed by atoms with Gasteiger partial charge in [-0.15, -0.1) is 11.3 Å². The van der Waals surface area contributed by atoms with Gasteiger partial charge < -0.3 is 35.4 Å². The van der Waals surface area contributed by atoms with E-state index >= 15 is 0 Å². The highest BCUT2D eigenvalue weighted by Gasteiger charge is 2.24. The van der Waals surface area contributed by atoms with Gasteiger partial charge in [0.25, 0.3) is 11.8 Å². The molecule has 1 aromatic heterocycles. The Balaban J connectivity index is 1.75. The van der Waals surface area contributed by atoms with Crippen LogP contribution in [0, 0.1) is 5.92 Å². The van der Waals surface area contributed by atoms with E-state index in [1.807, 2.05) is 10.2 Å². The lowest BCUT2D eigenvalue weighted by Gasteiger charge is -2.31. The zero-order valence-corrected chi connectivity index (χ0v) is 19.7. The van der Waals surface area contributed by atoms with Crippen LogP contribution in [0.15, 0.2) is 29.9 Å². The van der Waals surface area contributed by atoms with Gasteiger partial charge in [0.05, 0.1) is 12.3 Å². The zero-order chi connectivity index (χ0) is 25.1. The van der Waals surface area contributed by atoms with E-state index in [0.717, 1.165) is 19.3 Å². The van der Waals surface area contributed by atoms with Gasteiger partial charge in [0.15, 0.2) is 5.13 Å². The highest BCUT2D eigenvalue weighted by molar-refractivity contribution is 7.13. The first-order chi connectivity index (χ1) is 16.2. The lowest BCUT2D eigenvalue weighted by atomic mass is 9.98. The highest BCUT2D eigenvalue weighted by atomic mass is 32.1. The molecule has 2 heterocycles. The van der Waals surface area contributed by atoms with Crippen LogP contribution >= 0.6 is 11.3 Å². The van der Waals surface area contributed by atoms with Crippen LogP contribution in [0.3, 0.4) is 0 Å². The van der Waals surface area contributed by atoms with Gasteiger partial charge in [-0.3, -0.25) is 9.59 Å². The van der Waals surface area contributed by atoms with Gasteiger partial charge in [-0.05, 0) is 25.2 Å². The Labute approximate surface area is 201 Å². The molecule has 1 saturated heterocycles. The van der Waals surface area contributed by atoms with Gasteiger partial charge in [-0.1, -0.05) is 13.2 Å². The Morgan fingerprint density at radius 2 is 1.91 bits per heavy atom. The van der Waals surface area contributed by atoms with Crippen molar-refractivity contribution in [3.05, 3.63) is 35.6 Å². The molecule has 0 bridgehead atoms. The third-order valence-electron chi connectivity index (χ3n) is 4.92.